The van der Waals surface area contributed by atoms with Crippen LogP contribution in [0, 0.1) is 0 Å². The molecule has 0 saturated carbocycles. The van der Waals surface area contributed by atoms with Crippen molar-refractivity contribution in [3.63, 3.8) is 0 Å². The van der Waals surface area contributed by atoms with E-state index in [0.717, 1.165) is 12.0 Å². The number of hydrogen-bond donors (Lipinski definition) is 0. The van der Waals surface area contributed by atoms with Crippen LogP contribution in [0.2, 0.25) is 0 Å². The van der Waals surface area contributed by atoms with E-state index in [-0.39, 0.29) is 11.7 Å². The molecule has 1 aromatic carbocycles. The van der Waals surface area contributed by atoms with Crippen molar-refractivity contribution in [3.8, 4) is 0 Å². The second-order valence-electron chi connectivity index (χ2n) is 4.24. The van der Waals surface area contributed by atoms with Gasteiger partial charge in [-0.2, -0.15) is 0 Å². The van der Waals surface area contributed by atoms with Crippen molar-refractivity contribution in [1.82, 2.24) is 4.90 Å². The van der Waals surface area contributed by atoms with E-state index in [4.69, 9.17) is 0 Å². The molecule has 0 heterocycles. The lowest BCUT2D eigenvalue weighted by Gasteiger charge is -2.14. The van der Waals surface area contributed by atoms with Crippen molar-refractivity contribution in [2.75, 3.05) is 19.3 Å². The van der Waals surface area contributed by atoms with E-state index in [0.29, 0.717) is 11.4 Å². The van der Waals surface area contributed by atoms with Crippen molar-refractivity contribution in [1.29, 1.82) is 0 Å². The fraction of sp³-hybridized carbons (Fsp3) is 0.462. The molecule has 5 heteroatoms. The molecular weight excluding hydrogens is 250 g/mol. The molecule has 4 nitrogen and oxygen atoms in total. The summed E-state index contributed by atoms with van der Waals surface area (Å²) in [5.41, 5.74) is 1.03. The van der Waals surface area contributed by atoms with Gasteiger partial charge in [-0.25, -0.2) is 8.42 Å². The highest BCUT2D eigenvalue weighted by atomic mass is 32.2. The predicted octanol–water partition coefficient (Wildman–Crippen LogP) is 1.50. The van der Waals surface area contributed by atoms with Crippen LogP contribution in [0.1, 0.15) is 19.4 Å². The normalized spacial score (nSPS) is 11.3. The number of nitrogens with zero attached hydrogens (tertiary/aromatic N) is 1. The SMILES string of the molecule is CCS(=O)(=O)c1ccc(CCN(C)C(C)=O)cc1. The van der Waals surface area contributed by atoms with Crippen LogP contribution >= 0.6 is 0 Å². The summed E-state index contributed by atoms with van der Waals surface area (Å²) in [5.74, 6) is 0.138. The summed E-state index contributed by atoms with van der Waals surface area (Å²) >= 11 is 0. The van der Waals surface area contributed by atoms with Gasteiger partial charge in [-0.1, -0.05) is 19.1 Å². The van der Waals surface area contributed by atoms with E-state index < -0.39 is 9.84 Å². The van der Waals surface area contributed by atoms with Crippen LogP contribution in [0.3, 0.4) is 0 Å². The summed E-state index contributed by atoms with van der Waals surface area (Å²) in [4.78, 5) is 13.0. The molecule has 0 saturated heterocycles. The highest BCUT2D eigenvalue weighted by Gasteiger charge is 2.10. The van der Waals surface area contributed by atoms with E-state index in [9.17, 15) is 13.2 Å². The molecule has 1 rings (SSSR count). The molecule has 1 amide bonds. The van der Waals surface area contributed by atoms with Crippen molar-refractivity contribution < 1.29 is 13.2 Å². The molecular formula is C13H19NO3S. The Hall–Kier alpha value is -1.36. The van der Waals surface area contributed by atoms with Crippen LogP contribution in [-0.2, 0) is 21.1 Å². The minimum atomic E-state index is -3.12. The largest absolute Gasteiger partial charge is 0.346 e. The zero-order valence-corrected chi connectivity index (χ0v) is 11.8. The van der Waals surface area contributed by atoms with Crippen molar-refractivity contribution in [2.24, 2.45) is 0 Å². The molecule has 0 N–H and O–H groups in total. The standard InChI is InChI=1S/C13H19NO3S/c1-4-18(16,17)13-7-5-12(6-8-13)9-10-14(3)11(2)15/h5-8H,4,9-10H2,1-3H3. The third-order valence-electron chi connectivity index (χ3n) is 2.94. The summed E-state index contributed by atoms with van der Waals surface area (Å²) in [6.07, 6.45) is 0.725. The maximum Gasteiger partial charge on any atom is 0.219 e. The van der Waals surface area contributed by atoms with Gasteiger partial charge in [0, 0.05) is 20.5 Å². The van der Waals surface area contributed by atoms with E-state index in [1.807, 2.05) is 0 Å². The molecule has 0 bridgehead atoms. The number of carbonyl (C=O) groups excluding carboxylic acids is 1. The van der Waals surface area contributed by atoms with Crippen LogP contribution < -0.4 is 0 Å². The Morgan fingerprint density at radius 3 is 2.22 bits per heavy atom. The molecule has 0 atom stereocenters. The van der Waals surface area contributed by atoms with Gasteiger partial charge in [0.2, 0.25) is 5.91 Å². The lowest BCUT2D eigenvalue weighted by atomic mass is 10.1. The number of sulfone groups is 1. The van der Waals surface area contributed by atoms with Crippen LogP contribution in [0.15, 0.2) is 29.2 Å². The van der Waals surface area contributed by atoms with Crippen LogP contribution in [0.5, 0.6) is 0 Å². The van der Waals surface area contributed by atoms with Gasteiger partial charge in [0.25, 0.3) is 0 Å². The molecule has 100 valence electrons. The number of benzene rings is 1. The minimum absolute atomic E-state index is 0.0279. The summed E-state index contributed by atoms with van der Waals surface area (Å²) in [7, 11) is -1.38. The lowest BCUT2D eigenvalue weighted by molar-refractivity contribution is -0.127. The Morgan fingerprint density at radius 2 is 1.78 bits per heavy atom. The van der Waals surface area contributed by atoms with Crippen LogP contribution in [0.4, 0.5) is 0 Å². The lowest BCUT2D eigenvalue weighted by Crippen LogP contribution is -2.26. The van der Waals surface area contributed by atoms with Crippen molar-refractivity contribution in [3.05, 3.63) is 29.8 Å². The monoisotopic (exact) mass is 269 g/mol. The summed E-state index contributed by atoms with van der Waals surface area (Å²) < 4.78 is 23.2. The van der Waals surface area contributed by atoms with Gasteiger partial charge in [0.05, 0.1) is 10.6 Å². The summed E-state index contributed by atoms with van der Waals surface area (Å²) in [6.45, 7) is 3.79. The molecule has 18 heavy (non-hydrogen) atoms. The quantitative estimate of drug-likeness (QED) is 0.814. The van der Waals surface area contributed by atoms with Gasteiger partial charge in [0.15, 0.2) is 9.84 Å². The predicted molar refractivity (Wildman–Crippen MR) is 71.2 cm³/mol. The van der Waals surface area contributed by atoms with Gasteiger partial charge in [0.1, 0.15) is 0 Å². The Bertz CT molecular complexity index is 506. The zero-order valence-electron chi connectivity index (χ0n) is 11.0. The Kier molecular flexibility index (Phi) is 4.90. The molecule has 0 spiro atoms. The number of carbonyl (C=O) groups is 1. The smallest absolute Gasteiger partial charge is 0.219 e. The molecule has 0 aliphatic heterocycles. The Labute approximate surface area is 109 Å². The first-order chi connectivity index (χ1) is 8.36. The maximum atomic E-state index is 11.6. The number of likely N-dealkylation sites (N-methyl/N-ethyl adjacent to an activating group) is 1. The fourth-order valence-corrected chi connectivity index (χ4v) is 2.37. The molecule has 0 aromatic heterocycles. The van der Waals surface area contributed by atoms with Gasteiger partial charge in [-0.3, -0.25) is 4.79 Å². The molecule has 0 aliphatic carbocycles. The van der Waals surface area contributed by atoms with Crippen molar-refractivity contribution >= 4 is 15.7 Å². The average molecular weight is 269 g/mol. The maximum absolute atomic E-state index is 11.6. The van der Waals surface area contributed by atoms with E-state index >= 15 is 0 Å². The molecule has 0 radical (unpaired) electrons. The third kappa shape index (κ3) is 3.84. The Morgan fingerprint density at radius 1 is 1.22 bits per heavy atom. The highest BCUT2D eigenvalue weighted by molar-refractivity contribution is 7.91. The van der Waals surface area contributed by atoms with E-state index in [1.54, 1.807) is 43.1 Å². The Balaban J connectivity index is 2.70. The second-order valence-corrected chi connectivity index (χ2v) is 6.52. The minimum Gasteiger partial charge on any atom is -0.346 e. The first-order valence-corrected chi connectivity index (χ1v) is 7.55. The molecule has 1 aromatic rings. The number of hydrogen-bond acceptors (Lipinski definition) is 3. The topological polar surface area (TPSA) is 54.5 Å². The molecule has 0 unspecified atom stereocenters. The fourth-order valence-electron chi connectivity index (χ4n) is 1.48. The average Bonchev–Trinajstić information content (AvgIpc) is 2.36. The first kappa shape index (κ1) is 14.7. The third-order valence-corrected chi connectivity index (χ3v) is 4.69. The molecule has 0 fully saturated rings. The zero-order chi connectivity index (χ0) is 13.8. The second kappa shape index (κ2) is 6.00. The summed E-state index contributed by atoms with van der Waals surface area (Å²) in [6, 6.07) is 6.86. The first-order valence-electron chi connectivity index (χ1n) is 5.90. The molecule has 0 aliphatic rings. The van der Waals surface area contributed by atoms with Crippen LogP contribution in [0.25, 0.3) is 0 Å². The van der Waals surface area contributed by atoms with Gasteiger partial charge in [-0.05, 0) is 24.1 Å². The number of rotatable bonds is 5. The van der Waals surface area contributed by atoms with E-state index in [2.05, 4.69) is 0 Å². The van der Waals surface area contributed by atoms with Crippen molar-refractivity contribution in [2.45, 2.75) is 25.2 Å². The van der Waals surface area contributed by atoms with Gasteiger partial charge >= 0.3 is 0 Å². The summed E-state index contributed by atoms with van der Waals surface area (Å²) in [5, 5.41) is 0. The van der Waals surface area contributed by atoms with Gasteiger partial charge in [-0.15, -0.1) is 0 Å². The van der Waals surface area contributed by atoms with Crippen LogP contribution in [-0.4, -0.2) is 38.6 Å². The number of amides is 1. The van der Waals surface area contributed by atoms with Gasteiger partial charge < -0.3 is 4.90 Å². The highest BCUT2D eigenvalue weighted by Crippen LogP contribution is 2.12. The van der Waals surface area contributed by atoms with E-state index in [1.165, 1.54) is 6.92 Å².